The Morgan fingerprint density at radius 3 is 2.24 bits per heavy atom. The Kier molecular flexibility index (Phi) is 3.78. The third-order valence-corrected chi connectivity index (χ3v) is 3.59. The molecule has 0 radical (unpaired) electrons. The first kappa shape index (κ1) is 12.1. The highest BCUT2D eigenvalue weighted by molar-refractivity contribution is 5.45. The second kappa shape index (κ2) is 5.31. The van der Waals surface area contributed by atoms with Gasteiger partial charge in [0.2, 0.25) is 0 Å². The van der Waals surface area contributed by atoms with E-state index in [1.165, 1.54) is 5.56 Å². The van der Waals surface area contributed by atoms with Crippen molar-refractivity contribution in [2.45, 2.75) is 13.0 Å². The standard InChI is InChI=1S/C14H19N3/c1-12(17-10-8-16(3)9-11-17)13-4-6-14(15-2)7-5-13/h4-7,12H,8-11H2,1,3H3. The Morgan fingerprint density at radius 2 is 1.71 bits per heavy atom. The summed E-state index contributed by atoms with van der Waals surface area (Å²) >= 11 is 0. The summed E-state index contributed by atoms with van der Waals surface area (Å²) in [6, 6.07) is 8.43. The minimum atomic E-state index is 0.448. The van der Waals surface area contributed by atoms with Crippen molar-refractivity contribution in [2.24, 2.45) is 0 Å². The van der Waals surface area contributed by atoms with Crippen LogP contribution in [-0.2, 0) is 0 Å². The molecule has 1 fully saturated rings. The molecule has 0 N–H and O–H groups in total. The van der Waals surface area contributed by atoms with E-state index in [4.69, 9.17) is 6.57 Å². The summed E-state index contributed by atoms with van der Waals surface area (Å²) in [4.78, 5) is 8.30. The van der Waals surface area contributed by atoms with Gasteiger partial charge in [-0.05, 0) is 19.5 Å². The van der Waals surface area contributed by atoms with Crippen LogP contribution in [0.1, 0.15) is 18.5 Å². The third kappa shape index (κ3) is 2.85. The Labute approximate surface area is 103 Å². The molecule has 1 unspecified atom stereocenters. The third-order valence-electron chi connectivity index (χ3n) is 3.59. The zero-order valence-electron chi connectivity index (χ0n) is 10.6. The van der Waals surface area contributed by atoms with E-state index in [9.17, 15) is 0 Å². The van der Waals surface area contributed by atoms with Gasteiger partial charge in [0.25, 0.3) is 0 Å². The summed E-state index contributed by atoms with van der Waals surface area (Å²) in [5.74, 6) is 0. The molecule has 1 saturated heterocycles. The molecule has 1 aliphatic rings. The average Bonchev–Trinajstić information content (AvgIpc) is 2.39. The summed E-state index contributed by atoms with van der Waals surface area (Å²) in [5, 5.41) is 0. The second-order valence-corrected chi connectivity index (χ2v) is 4.72. The average molecular weight is 229 g/mol. The number of nitrogens with zero attached hydrogens (tertiary/aromatic N) is 3. The molecule has 0 bridgehead atoms. The molecule has 1 atom stereocenters. The van der Waals surface area contributed by atoms with Crippen LogP contribution in [0.4, 0.5) is 5.69 Å². The van der Waals surface area contributed by atoms with Crippen molar-refractivity contribution in [1.29, 1.82) is 0 Å². The SMILES string of the molecule is [C-]#[N+]c1ccc(C(C)N2CCN(C)CC2)cc1. The number of piperazine rings is 1. The Morgan fingerprint density at radius 1 is 1.12 bits per heavy atom. The minimum absolute atomic E-state index is 0.448. The first-order valence-corrected chi connectivity index (χ1v) is 6.10. The molecule has 17 heavy (non-hydrogen) atoms. The van der Waals surface area contributed by atoms with Crippen LogP contribution in [0, 0.1) is 6.57 Å². The normalized spacial score (nSPS) is 19.8. The zero-order chi connectivity index (χ0) is 12.3. The van der Waals surface area contributed by atoms with Gasteiger partial charge in [0.15, 0.2) is 5.69 Å². The van der Waals surface area contributed by atoms with Crippen molar-refractivity contribution in [3.8, 4) is 0 Å². The van der Waals surface area contributed by atoms with E-state index in [1.54, 1.807) is 0 Å². The lowest BCUT2D eigenvalue weighted by Gasteiger charge is -2.36. The summed E-state index contributed by atoms with van der Waals surface area (Å²) in [6.45, 7) is 13.7. The van der Waals surface area contributed by atoms with Gasteiger partial charge < -0.3 is 4.90 Å². The monoisotopic (exact) mass is 229 g/mol. The van der Waals surface area contributed by atoms with Gasteiger partial charge in [0, 0.05) is 32.2 Å². The topological polar surface area (TPSA) is 10.8 Å². The van der Waals surface area contributed by atoms with Gasteiger partial charge in [-0.25, -0.2) is 4.85 Å². The van der Waals surface area contributed by atoms with Crippen molar-refractivity contribution >= 4 is 5.69 Å². The maximum absolute atomic E-state index is 6.95. The van der Waals surface area contributed by atoms with E-state index in [2.05, 4.69) is 40.7 Å². The van der Waals surface area contributed by atoms with Crippen molar-refractivity contribution < 1.29 is 0 Å². The van der Waals surface area contributed by atoms with Gasteiger partial charge in [-0.15, -0.1) is 0 Å². The van der Waals surface area contributed by atoms with Gasteiger partial charge in [-0.3, -0.25) is 4.90 Å². The second-order valence-electron chi connectivity index (χ2n) is 4.72. The molecule has 1 aliphatic heterocycles. The number of likely N-dealkylation sites (N-methyl/N-ethyl adjacent to an activating group) is 1. The summed E-state index contributed by atoms with van der Waals surface area (Å²) in [5.41, 5.74) is 2.03. The van der Waals surface area contributed by atoms with Crippen LogP contribution in [0.15, 0.2) is 24.3 Å². The molecular formula is C14H19N3. The Bertz CT molecular complexity index is 396. The van der Waals surface area contributed by atoms with Gasteiger partial charge in [0.05, 0.1) is 6.57 Å². The lowest BCUT2D eigenvalue weighted by Crippen LogP contribution is -2.45. The minimum Gasteiger partial charge on any atom is -0.304 e. The Hall–Kier alpha value is -1.37. The maximum atomic E-state index is 6.95. The fraction of sp³-hybridized carbons (Fsp3) is 0.500. The molecule has 1 heterocycles. The highest BCUT2D eigenvalue weighted by Crippen LogP contribution is 2.23. The van der Waals surface area contributed by atoms with Crippen molar-refractivity contribution in [1.82, 2.24) is 9.80 Å². The summed E-state index contributed by atoms with van der Waals surface area (Å²) in [7, 11) is 2.17. The molecule has 3 nitrogen and oxygen atoms in total. The molecule has 0 aromatic heterocycles. The van der Waals surface area contributed by atoms with E-state index >= 15 is 0 Å². The lowest BCUT2D eigenvalue weighted by atomic mass is 10.1. The number of hydrogen-bond donors (Lipinski definition) is 0. The molecule has 1 aromatic carbocycles. The van der Waals surface area contributed by atoms with Crippen molar-refractivity contribution in [3.05, 3.63) is 41.2 Å². The fourth-order valence-electron chi connectivity index (χ4n) is 2.25. The van der Waals surface area contributed by atoms with Gasteiger partial charge in [-0.1, -0.05) is 24.3 Å². The first-order chi connectivity index (χ1) is 8.20. The number of benzene rings is 1. The summed E-state index contributed by atoms with van der Waals surface area (Å²) in [6.07, 6.45) is 0. The number of rotatable bonds is 2. The van der Waals surface area contributed by atoms with Crippen LogP contribution in [-0.4, -0.2) is 43.0 Å². The van der Waals surface area contributed by atoms with Crippen LogP contribution < -0.4 is 0 Å². The molecule has 1 aromatic rings. The van der Waals surface area contributed by atoms with Crippen molar-refractivity contribution in [2.75, 3.05) is 33.2 Å². The van der Waals surface area contributed by atoms with Crippen LogP contribution in [0.5, 0.6) is 0 Å². The van der Waals surface area contributed by atoms with E-state index in [0.29, 0.717) is 6.04 Å². The largest absolute Gasteiger partial charge is 0.304 e. The Balaban J connectivity index is 2.03. The van der Waals surface area contributed by atoms with Gasteiger partial charge in [-0.2, -0.15) is 0 Å². The fourth-order valence-corrected chi connectivity index (χ4v) is 2.25. The quantitative estimate of drug-likeness (QED) is 0.722. The van der Waals surface area contributed by atoms with E-state index in [0.717, 1.165) is 31.9 Å². The van der Waals surface area contributed by atoms with Crippen LogP contribution in [0.3, 0.4) is 0 Å². The van der Waals surface area contributed by atoms with Crippen LogP contribution in [0.25, 0.3) is 4.85 Å². The maximum Gasteiger partial charge on any atom is 0.187 e. The molecule has 2 rings (SSSR count). The molecule has 0 aliphatic carbocycles. The molecule has 90 valence electrons. The van der Waals surface area contributed by atoms with E-state index in [-0.39, 0.29) is 0 Å². The molecule has 0 spiro atoms. The first-order valence-electron chi connectivity index (χ1n) is 6.10. The molecular weight excluding hydrogens is 210 g/mol. The zero-order valence-corrected chi connectivity index (χ0v) is 10.6. The van der Waals surface area contributed by atoms with E-state index in [1.807, 2.05) is 12.1 Å². The summed E-state index contributed by atoms with van der Waals surface area (Å²) < 4.78 is 0. The lowest BCUT2D eigenvalue weighted by molar-refractivity contribution is 0.119. The molecule has 0 saturated carbocycles. The predicted molar refractivity (Wildman–Crippen MR) is 70.2 cm³/mol. The molecule has 0 amide bonds. The van der Waals surface area contributed by atoms with Gasteiger partial charge >= 0.3 is 0 Å². The van der Waals surface area contributed by atoms with Crippen LogP contribution in [0.2, 0.25) is 0 Å². The van der Waals surface area contributed by atoms with E-state index < -0.39 is 0 Å². The number of hydrogen-bond acceptors (Lipinski definition) is 2. The van der Waals surface area contributed by atoms with Crippen molar-refractivity contribution in [3.63, 3.8) is 0 Å². The van der Waals surface area contributed by atoms with Gasteiger partial charge in [0.1, 0.15) is 0 Å². The van der Waals surface area contributed by atoms with Crippen LogP contribution >= 0.6 is 0 Å². The smallest absolute Gasteiger partial charge is 0.187 e. The highest BCUT2D eigenvalue weighted by Gasteiger charge is 2.19. The predicted octanol–water partition coefficient (Wildman–Crippen LogP) is 2.55. The molecule has 3 heteroatoms. The highest BCUT2D eigenvalue weighted by atomic mass is 15.3.